The quantitative estimate of drug-likeness (QED) is 0.697. The molecule has 0 unspecified atom stereocenters. The second kappa shape index (κ2) is 4.01. The van der Waals surface area contributed by atoms with Gasteiger partial charge in [-0.3, -0.25) is 9.89 Å². The Labute approximate surface area is 91.9 Å². The van der Waals surface area contributed by atoms with E-state index in [0.717, 1.165) is 5.69 Å². The molecule has 0 radical (unpaired) electrons. The van der Waals surface area contributed by atoms with E-state index >= 15 is 0 Å². The van der Waals surface area contributed by atoms with Gasteiger partial charge in [-0.2, -0.15) is 5.10 Å². The number of H-pyrrole nitrogens is 1. The Morgan fingerprint density at radius 2 is 2.31 bits per heavy atom. The lowest BCUT2D eigenvalue weighted by molar-refractivity contribution is 0.102. The van der Waals surface area contributed by atoms with E-state index in [4.69, 9.17) is 5.73 Å². The van der Waals surface area contributed by atoms with Gasteiger partial charge in [0, 0.05) is 11.8 Å². The Hall–Kier alpha value is -2.37. The van der Waals surface area contributed by atoms with Crippen LogP contribution >= 0.6 is 0 Å². The first-order chi connectivity index (χ1) is 7.65. The van der Waals surface area contributed by atoms with Gasteiger partial charge in [0.2, 0.25) is 0 Å². The lowest BCUT2D eigenvalue weighted by Crippen LogP contribution is -2.13. The average Bonchev–Trinajstić information content (AvgIpc) is 2.65. The maximum absolute atomic E-state index is 11.7. The number of carbonyl (C=O) groups excluding carboxylic acids is 1. The number of nitrogens with one attached hydrogen (secondary N) is 2. The summed E-state index contributed by atoms with van der Waals surface area (Å²) in [5, 5.41) is 9.23. The number of nitrogens with two attached hydrogens (primary N) is 1. The number of aryl methyl sites for hydroxylation is 1. The molecule has 2 aromatic heterocycles. The fourth-order valence-electron chi connectivity index (χ4n) is 1.20. The van der Waals surface area contributed by atoms with Gasteiger partial charge in [0.25, 0.3) is 5.91 Å². The standard InChI is InChI=1S/C10H11N5O/c1-6-4-9(15-14-6)13-10(16)8-3-2-7(11)5-12-8/h2-5H,11H2,1H3,(H2,13,14,15,16). The van der Waals surface area contributed by atoms with Crippen LogP contribution in [0.2, 0.25) is 0 Å². The molecule has 0 aliphatic rings. The van der Waals surface area contributed by atoms with Gasteiger partial charge in [-0.25, -0.2) is 4.98 Å². The van der Waals surface area contributed by atoms with Crippen LogP contribution < -0.4 is 11.1 Å². The molecule has 0 bridgehead atoms. The number of aromatic amines is 1. The minimum Gasteiger partial charge on any atom is -0.397 e. The third-order valence-electron chi connectivity index (χ3n) is 1.97. The van der Waals surface area contributed by atoms with Crippen LogP contribution in [0, 0.1) is 6.92 Å². The summed E-state index contributed by atoms with van der Waals surface area (Å²) in [6.07, 6.45) is 1.44. The van der Waals surface area contributed by atoms with E-state index in [2.05, 4.69) is 20.5 Å². The molecule has 6 nitrogen and oxygen atoms in total. The summed E-state index contributed by atoms with van der Waals surface area (Å²) in [5.41, 5.74) is 7.17. The van der Waals surface area contributed by atoms with Crippen molar-refractivity contribution < 1.29 is 4.79 Å². The highest BCUT2D eigenvalue weighted by Gasteiger charge is 2.08. The Kier molecular flexibility index (Phi) is 2.55. The van der Waals surface area contributed by atoms with Crippen molar-refractivity contribution in [3.63, 3.8) is 0 Å². The van der Waals surface area contributed by atoms with Crippen molar-refractivity contribution in [2.75, 3.05) is 11.1 Å². The van der Waals surface area contributed by atoms with E-state index in [-0.39, 0.29) is 5.91 Å². The van der Waals surface area contributed by atoms with Crippen molar-refractivity contribution in [1.29, 1.82) is 0 Å². The SMILES string of the molecule is Cc1cc(NC(=O)c2ccc(N)cn2)n[nH]1. The van der Waals surface area contributed by atoms with E-state index in [9.17, 15) is 4.79 Å². The van der Waals surface area contributed by atoms with Crippen molar-refractivity contribution in [3.05, 3.63) is 35.8 Å². The number of aromatic nitrogens is 3. The van der Waals surface area contributed by atoms with Crippen LogP contribution in [-0.4, -0.2) is 21.1 Å². The summed E-state index contributed by atoms with van der Waals surface area (Å²) in [6, 6.07) is 4.91. The van der Waals surface area contributed by atoms with E-state index in [1.807, 2.05) is 6.92 Å². The largest absolute Gasteiger partial charge is 0.397 e. The highest BCUT2D eigenvalue weighted by Crippen LogP contribution is 2.07. The van der Waals surface area contributed by atoms with Gasteiger partial charge >= 0.3 is 0 Å². The normalized spacial score (nSPS) is 10.1. The van der Waals surface area contributed by atoms with Gasteiger partial charge in [0.15, 0.2) is 5.82 Å². The van der Waals surface area contributed by atoms with Crippen LogP contribution in [0.3, 0.4) is 0 Å². The van der Waals surface area contributed by atoms with Crippen molar-refractivity contribution in [2.45, 2.75) is 6.92 Å². The molecule has 16 heavy (non-hydrogen) atoms. The van der Waals surface area contributed by atoms with Crippen molar-refractivity contribution in [2.24, 2.45) is 0 Å². The van der Waals surface area contributed by atoms with Gasteiger partial charge in [-0.05, 0) is 19.1 Å². The third kappa shape index (κ3) is 2.17. The number of rotatable bonds is 2. The molecule has 4 N–H and O–H groups in total. The highest BCUT2D eigenvalue weighted by molar-refractivity contribution is 6.02. The predicted molar refractivity (Wildman–Crippen MR) is 59.9 cm³/mol. The Balaban J connectivity index is 2.11. The van der Waals surface area contributed by atoms with E-state index in [0.29, 0.717) is 17.2 Å². The number of nitrogen functional groups attached to an aromatic ring is 1. The molecular weight excluding hydrogens is 206 g/mol. The Morgan fingerprint density at radius 1 is 1.50 bits per heavy atom. The van der Waals surface area contributed by atoms with Crippen molar-refractivity contribution in [1.82, 2.24) is 15.2 Å². The van der Waals surface area contributed by atoms with Crippen LogP contribution in [0.5, 0.6) is 0 Å². The van der Waals surface area contributed by atoms with Gasteiger partial charge in [0.05, 0.1) is 11.9 Å². The van der Waals surface area contributed by atoms with E-state index in [1.165, 1.54) is 6.20 Å². The minimum absolute atomic E-state index is 0.301. The average molecular weight is 217 g/mol. The molecule has 6 heteroatoms. The fourth-order valence-corrected chi connectivity index (χ4v) is 1.20. The number of hydrogen-bond donors (Lipinski definition) is 3. The summed E-state index contributed by atoms with van der Waals surface area (Å²) >= 11 is 0. The fraction of sp³-hybridized carbons (Fsp3) is 0.100. The Bertz CT molecular complexity index is 502. The maximum Gasteiger partial charge on any atom is 0.275 e. The summed E-state index contributed by atoms with van der Waals surface area (Å²) in [5.74, 6) is 0.160. The van der Waals surface area contributed by atoms with Crippen LogP contribution in [-0.2, 0) is 0 Å². The van der Waals surface area contributed by atoms with Gasteiger partial charge in [0.1, 0.15) is 5.69 Å². The lowest BCUT2D eigenvalue weighted by atomic mass is 10.3. The summed E-state index contributed by atoms with van der Waals surface area (Å²) < 4.78 is 0. The summed E-state index contributed by atoms with van der Waals surface area (Å²) in [4.78, 5) is 15.6. The van der Waals surface area contributed by atoms with Gasteiger partial charge < -0.3 is 11.1 Å². The van der Waals surface area contributed by atoms with Crippen molar-refractivity contribution in [3.8, 4) is 0 Å². The van der Waals surface area contributed by atoms with Crippen LogP contribution in [0.15, 0.2) is 24.4 Å². The smallest absolute Gasteiger partial charge is 0.275 e. The molecule has 0 saturated heterocycles. The monoisotopic (exact) mass is 217 g/mol. The van der Waals surface area contributed by atoms with Gasteiger partial charge in [-0.1, -0.05) is 0 Å². The molecule has 82 valence electrons. The molecular formula is C10H11N5O. The molecule has 0 aromatic carbocycles. The van der Waals surface area contributed by atoms with Crippen LogP contribution in [0.25, 0.3) is 0 Å². The van der Waals surface area contributed by atoms with Crippen LogP contribution in [0.1, 0.15) is 16.2 Å². The number of carbonyl (C=O) groups is 1. The lowest BCUT2D eigenvalue weighted by Gasteiger charge is -2.00. The predicted octanol–water partition coefficient (Wildman–Crippen LogP) is 0.948. The number of nitrogens with zero attached hydrogens (tertiary/aromatic N) is 2. The Morgan fingerprint density at radius 3 is 2.88 bits per heavy atom. The number of anilines is 2. The zero-order valence-corrected chi connectivity index (χ0v) is 8.69. The van der Waals surface area contributed by atoms with Crippen molar-refractivity contribution >= 4 is 17.4 Å². The topological polar surface area (TPSA) is 96.7 Å². The molecule has 2 heterocycles. The second-order valence-corrected chi connectivity index (χ2v) is 3.37. The third-order valence-corrected chi connectivity index (χ3v) is 1.97. The molecule has 2 rings (SSSR count). The molecule has 0 spiro atoms. The molecule has 0 atom stereocenters. The van der Waals surface area contributed by atoms with E-state index < -0.39 is 0 Å². The van der Waals surface area contributed by atoms with E-state index in [1.54, 1.807) is 18.2 Å². The second-order valence-electron chi connectivity index (χ2n) is 3.37. The minimum atomic E-state index is -0.313. The maximum atomic E-state index is 11.7. The first-order valence-electron chi connectivity index (χ1n) is 4.70. The molecule has 0 aliphatic heterocycles. The zero-order valence-electron chi connectivity index (χ0n) is 8.69. The molecule has 2 aromatic rings. The molecule has 0 saturated carbocycles. The summed E-state index contributed by atoms with van der Waals surface area (Å²) in [7, 11) is 0. The molecule has 0 aliphatic carbocycles. The number of hydrogen-bond acceptors (Lipinski definition) is 4. The molecule has 1 amide bonds. The number of amides is 1. The van der Waals surface area contributed by atoms with Gasteiger partial charge in [-0.15, -0.1) is 0 Å². The zero-order chi connectivity index (χ0) is 11.5. The number of pyridine rings is 1. The first kappa shape index (κ1) is 10.2. The van der Waals surface area contributed by atoms with Crippen LogP contribution in [0.4, 0.5) is 11.5 Å². The summed E-state index contributed by atoms with van der Waals surface area (Å²) in [6.45, 7) is 1.85. The molecule has 0 fully saturated rings. The highest BCUT2D eigenvalue weighted by atomic mass is 16.1. The first-order valence-corrected chi connectivity index (χ1v) is 4.70.